The first kappa shape index (κ1) is 13.9. The Hall–Kier alpha value is -2.50. The van der Waals surface area contributed by atoms with Gasteiger partial charge in [0.1, 0.15) is 0 Å². The van der Waals surface area contributed by atoms with E-state index in [1.165, 1.54) is 0 Å². The van der Waals surface area contributed by atoms with Gasteiger partial charge in [-0.25, -0.2) is 4.98 Å². The van der Waals surface area contributed by atoms with Crippen LogP contribution in [0.4, 0.5) is 11.6 Å². The molecule has 1 aromatic heterocycles. The summed E-state index contributed by atoms with van der Waals surface area (Å²) >= 11 is 0. The maximum absolute atomic E-state index is 12.3. The third-order valence-electron chi connectivity index (χ3n) is 3.01. The summed E-state index contributed by atoms with van der Waals surface area (Å²) in [5.41, 5.74) is 3.80. The number of rotatable bonds is 3. The van der Waals surface area contributed by atoms with Crippen LogP contribution in [0.5, 0.6) is 0 Å². The van der Waals surface area contributed by atoms with Crippen molar-refractivity contribution in [2.75, 3.05) is 17.7 Å². The Kier molecular flexibility index (Phi) is 3.93. The zero-order valence-corrected chi connectivity index (χ0v) is 12.0. The fourth-order valence-electron chi connectivity index (χ4n) is 1.74. The van der Waals surface area contributed by atoms with E-state index in [0.717, 1.165) is 22.6 Å². The van der Waals surface area contributed by atoms with E-state index in [1.54, 1.807) is 7.05 Å². The normalized spacial score (nSPS) is 10.2. The van der Waals surface area contributed by atoms with Gasteiger partial charge in [0.15, 0.2) is 0 Å². The lowest BCUT2D eigenvalue weighted by Crippen LogP contribution is -2.17. The SMILES string of the molecule is CNc1ccc(C)cc1C(=O)Nc1nnc(C)c(C)n1. The quantitative estimate of drug-likeness (QED) is 0.893. The molecule has 0 spiro atoms. The molecule has 104 valence electrons. The molecule has 6 nitrogen and oxygen atoms in total. The van der Waals surface area contributed by atoms with Crippen LogP contribution >= 0.6 is 0 Å². The van der Waals surface area contributed by atoms with Crippen molar-refractivity contribution in [1.29, 1.82) is 0 Å². The Balaban J connectivity index is 2.27. The molecule has 0 aliphatic rings. The van der Waals surface area contributed by atoms with Gasteiger partial charge >= 0.3 is 0 Å². The van der Waals surface area contributed by atoms with Gasteiger partial charge in [-0.1, -0.05) is 11.6 Å². The summed E-state index contributed by atoms with van der Waals surface area (Å²) in [6.07, 6.45) is 0. The van der Waals surface area contributed by atoms with Gasteiger partial charge in [0, 0.05) is 12.7 Å². The minimum atomic E-state index is -0.261. The van der Waals surface area contributed by atoms with Gasteiger partial charge in [-0.15, -0.1) is 5.10 Å². The van der Waals surface area contributed by atoms with Crippen LogP contribution in [0, 0.1) is 20.8 Å². The van der Waals surface area contributed by atoms with Crippen molar-refractivity contribution < 1.29 is 4.79 Å². The number of nitrogens with one attached hydrogen (secondary N) is 2. The van der Waals surface area contributed by atoms with Gasteiger partial charge in [0.05, 0.1) is 17.0 Å². The molecule has 1 aromatic carbocycles. The molecule has 2 rings (SSSR count). The average molecular weight is 271 g/mol. The number of nitrogens with zero attached hydrogens (tertiary/aromatic N) is 3. The number of hydrogen-bond acceptors (Lipinski definition) is 5. The second-order valence-corrected chi connectivity index (χ2v) is 4.56. The van der Waals surface area contributed by atoms with Crippen LogP contribution in [0.25, 0.3) is 0 Å². The van der Waals surface area contributed by atoms with Crippen molar-refractivity contribution in [2.45, 2.75) is 20.8 Å². The highest BCUT2D eigenvalue weighted by molar-refractivity contribution is 6.07. The van der Waals surface area contributed by atoms with Crippen molar-refractivity contribution in [3.05, 3.63) is 40.7 Å². The highest BCUT2D eigenvalue weighted by Gasteiger charge is 2.13. The van der Waals surface area contributed by atoms with E-state index in [4.69, 9.17) is 0 Å². The summed E-state index contributed by atoms with van der Waals surface area (Å²) in [5.74, 6) is -0.0511. The van der Waals surface area contributed by atoms with Crippen molar-refractivity contribution in [3.63, 3.8) is 0 Å². The van der Waals surface area contributed by atoms with E-state index in [1.807, 2.05) is 39.0 Å². The molecule has 20 heavy (non-hydrogen) atoms. The Bertz CT molecular complexity index is 654. The van der Waals surface area contributed by atoms with E-state index in [-0.39, 0.29) is 11.9 Å². The van der Waals surface area contributed by atoms with Gasteiger partial charge in [-0.3, -0.25) is 10.1 Å². The van der Waals surface area contributed by atoms with Gasteiger partial charge < -0.3 is 5.32 Å². The Morgan fingerprint density at radius 3 is 2.50 bits per heavy atom. The van der Waals surface area contributed by atoms with Crippen LogP contribution in [0.2, 0.25) is 0 Å². The topological polar surface area (TPSA) is 79.8 Å². The number of carbonyl (C=O) groups is 1. The average Bonchev–Trinajstić information content (AvgIpc) is 2.43. The molecule has 0 atom stereocenters. The summed E-state index contributed by atoms with van der Waals surface area (Å²) in [6, 6.07) is 5.62. The molecule has 6 heteroatoms. The van der Waals surface area contributed by atoms with Crippen molar-refractivity contribution in [1.82, 2.24) is 15.2 Å². The first-order chi connectivity index (χ1) is 9.51. The highest BCUT2D eigenvalue weighted by atomic mass is 16.1. The van der Waals surface area contributed by atoms with Crippen molar-refractivity contribution in [3.8, 4) is 0 Å². The molecule has 1 amide bonds. The second kappa shape index (κ2) is 5.64. The van der Waals surface area contributed by atoms with Gasteiger partial charge in [0.2, 0.25) is 5.95 Å². The summed E-state index contributed by atoms with van der Waals surface area (Å²) in [6.45, 7) is 5.58. The molecule has 0 unspecified atom stereocenters. The van der Waals surface area contributed by atoms with Crippen LogP contribution in [-0.2, 0) is 0 Å². The molecular weight excluding hydrogens is 254 g/mol. The largest absolute Gasteiger partial charge is 0.387 e. The van der Waals surface area contributed by atoms with E-state index in [9.17, 15) is 4.79 Å². The molecule has 0 aliphatic carbocycles. The lowest BCUT2D eigenvalue weighted by Gasteiger charge is -2.10. The molecular formula is C14H17N5O. The minimum absolute atomic E-state index is 0.210. The maximum atomic E-state index is 12.3. The number of benzene rings is 1. The number of hydrogen-bond donors (Lipinski definition) is 2. The Morgan fingerprint density at radius 2 is 1.85 bits per heavy atom. The highest BCUT2D eigenvalue weighted by Crippen LogP contribution is 2.18. The maximum Gasteiger partial charge on any atom is 0.260 e. The number of anilines is 2. The molecule has 2 aromatic rings. The molecule has 0 aliphatic heterocycles. The molecule has 0 fully saturated rings. The number of carbonyl (C=O) groups excluding carboxylic acids is 1. The molecule has 0 radical (unpaired) electrons. The molecule has 1 heterocycles. The monoisotopic (exact) mass is 271 g/mol. The summed E-state index contributed by atoms with van der Waals surface area (Å²) in [4.78, 5) is 16.5. The zero-order valence-electron chi connectivity index (χ0n) is 12.0. The molecule has 0 bridgehead atoms. The predicted molar refractivity (Wildman–Crippen MR) is 78.0 cm³/mol. The summed E-state index contributed by atoms with van der Waals surface area (Å²) in [7, 11) is 1.77. The van der Waals surface area contributed by atoms with Crippen LogP contribution in [0.3, 0.4) is 0 Å². The van der Waals surface area contributed by atoms with Crippen LogP contribution in [0.1, 0.15) is 27.3 Å². The molecule has 0 saturated carbocycles. The zero-order chi connectivity index (χ0) is 14.7. The Labute approximate surface area is 117 Å². The number of amides is 1. The van der Waals surface area contributed by atoms with Gasteiger partial charge in [-0.05, 0) is 32.9 Å². The van der Waals surface area contributed by atoms with Crippen molar-refractivity contribution in [2.24, 2.45) is 0 Å². The second-order valence-electron chi connectivity index (χ2n) is 4.56. The lowest BCUT2D eigenvalue weighted by molar-refractivity contribution is 0.102. The predicted octanol–water partition coefficient (Wildman–Crippen LogP) is 2.09. The summed E-state index contributed by atoms with van der Waals surface area (Å²) in [5, 5.41) is 13.5. The van der Waals surface area contributed by atoms with Crippen LogP contribution in [-0.4, -0.2) is 28.1 Å². The van der Waals surface area contributed by atoms with Crippen molar-refractivity contribution >= 4 is 17.5 Å². The van der Waals surface area contributed by atoms with Gasteiger partial charge in [0.25, 0.3) is 5.91 Å². The van der Waals surface area contributed by atoms with Crippen LogP contribution in [0.15, 0.2) is 18.2 Å². The fraction of sp³-hybridized carbons (Fsp3) is 0.286. The standard InChI is InChI=1S/C14H17N5O/c1-8-5-6-12(15-4)11(7-8)13(20)17-14-16-9(2)10(3)18-19-14/h5-7,15H,1-4H3,(H,16,17,19,20). The number of aryl methyl sites for hydroxylation is 3. The fourth-order valence-corrected chi connectivity index (χ4v) is 1.74. The Morgan fingerprint density at radius 1 is 1.10 bits per heavy atom. The first-order valence-corrected chi connectivity index (χ1v) is 6.29. The van der Waals surface area contributed by atoms with Crippen LogP contribution < -0.4 is 10.6 Å². The third-order valence-corrected chi connectivity index (χ3v) is 3.01. The van der Waals surface area contributed by atoms with E-state index in [0.29, 0.717) is 5.56 Å². The van der Waals surface area contributed by atoms with Gasteiger partial charge in [-0.2, -0.15) is 5.10 Å². The smallest absolute Gasteiger partial charge is 0.260 e. The van der Waals surface area contributed by atoms with E-state index >= 15 is 0 Å². The first-order valence-electron chi connectivity index (χ1n) is 6.29. The summed E-state index contributed by atoms with van der Waals surface area (Å²) < 4.78 is 0. The lowest BCUT2D eigenvalue weighted by atomic mass is 10.1. The number of aromatic nitrogens is 3. The molecule has 2 N–H and O–H groups in total. The van der Waals surface area contributed by atoms with E-state index < -0.39 is 0 Å². The minimum Gasteiger partial charge on any atom is -0.387 e. The third kappa shape index (κ3) is 2.90. The molecule has 0 saturated heterocycles. The van der Waals surface area contributed by atoms with E-state index in [2.05, 4.69) is 25.8 Å².